The monoisotopic (exact) mass is 247 g/mol. The van der Waals surface area contributed by atoms with E-state index in [-0.39, 0.29) is 11.7 Å². The largest absolute Gasteiger partial charge is 0.478 e. The minimum Gasteiger partial charge on any atom is -0.478 e. The van der Waals surface area contributed by atoms with Crippen LogP contribution in [0.5, 0.6) is 5.88 Å². The highest BCUT2D eigenvalue weighted by Gasteiger charge is 2.11. The van der Waals surface area contributed by atoms with Crippen LogP contribution in [0, 0.1) is 6.92 Å². The average molecular weight is 247 g/mol. The molecule has 0 saturated heterocycles. The summed E-state index contributed by atoms with van der Waals surface area (Å²) in [5, 5.41) is 9.01. The lowest BCUT2D eigenvalue weighted by Crippen LogP contribution is -2.14. The molecule has 0 atom stereocenters. The Morgan fingerprint density at radius 2 is 2.33 bits per heavy atom. The number of amides is 1. The summed E-state index contributed by atoms with van der Waals surface area (Å²) < 4.78 is 5.20. The number of hydrogen-bond acceptors (Lipinski definition) is 5. The Bertz CT molecular complexity index is 535. The number of rotatable bonds is 4. The zero-order valence-electron chi connectivity index (χ0n) is 10.1. The second-order valence-electron chi connectivity index (χ2n) is 3.52. The molecule has 2 aromatic heterocycles. The molecule has 0 saturated carbocycles. The fourth-order valence-electron chi connectivity index (χ4n) is 1.32. The van der Waals surface area contributed by atoms with Crippen molar-refractivity contribution in [2.45, 2.75) is 13.8 Å². The molecule has 2 N–H and O–H groups in total. The number of carbonyl (C=O) groups is 1. The minimum absolute atomic E-state index is 0.0985. The van der Waals surface area contributed by atoms with Crippen LogP contribution >= 0.6 is 0 Å². The molecule has 0 unspecified atom stereocenters. The second kappa shape index (κ2) is 5.26. The Hall–Kier alpha value is -2.44. The summed E-state index contributed by atoms with van der Waals surface area (Å²) in [4.78, 5) is 19.7. The summed E-state index contributed by atoms with van der Waals surface area (Å²) in [6, 6.07) is 3.39. The predicted octanol–water partition coefficient (Wildman–Crippen LogP) is 1.16. The molecule has 0 fully saturated rings. The van der Waals surface area contributed by atoms with Crippen molar-refractivity contribution in [3.63, 3.8) is 0 Å². The van der Waals surface area contributed by atoms with E-state index in [1.165, 1.54) is 6.20 Å². The quantitative estimate of drug-likeness (QED) is 0.845. The molecule has 2 rings (SSSR count). The smallest absolute Gasteiger partial charge is 0.295 e. The average Bonchev–Trinajstić information content (AvgIpc) is 2.79. The maximum absolute atomic E-state index is 11.7. The molecule has 0 spiro atoms. The third-order valence-electron chi connectivity index (χ3n) is 2.09. The molecule has 2 heterocycles. The van der Waals surface area contributed by atoms with Crippen molar-refractivity contribution < 1.29 is 9.53 Å². The van der Waals surface area contributed by atoms with Crippen LogP contribution in [0.15, 0.2) is 18.3 Å². The van der Waals surface area contributed by atoms with E-state index in [0.717, 1.165) is 0 Å². The molecule has 0 aliphatic heterocycles. The lowest BCUT2D eigenvalue weighted by Gasteiger charge is -2.04. The maximum atomic E-state index is 11.7. The van der Waals surface area contributed by atoms with Crippen LogP contribution in [-0.2, 0) is 0 Å². The summed E-state index contributed by atoms with van der Waals surface area (Å²) in [6.07, 6.45) is 1.52. The number of anilines is 1. The summed E-state index contributed by atoms with van der Waals surface area (Å²) in [5.74, 6) is 0.820. The van der Waals surface area contributed by atoms with Crippen LogP contribution in [0.2, 0.25) is 0 Å². The fourth-order valence-corrected chi connectivity index (χ4v) is 1.32. The Balaban J connectivity index is 2.03. The molecule has 94 valence electrons. The second-order valence-corrected chi connectivity index (χ2v) is 3.52. The van der Waals surface area contributed by atoms with Gasteiger partial charge in [0.2, 0.25) is 11.7 Å². The summed E-state index contributed by atoms with van der Waals surface area (Å²) >= 11 is 0. The normalized spacial score (nSPS) is 10.1. The molecule has 0 bridgehead atoms. The van der Waals surface area contributed by atoms with Gasteiger partial charge in [-0.1, -0.05) is 0 Å². The van der Waals surface area contributed by atoms with Crippen LogP contribution < -0.4 is 10.1 Å². The highest BCUT2D eigenvalue weighted by atomic mass is 16.5. The first-order valence-electron chi connectivity index (χ1n) is 5.48. The van der Waals surface area contributed by atoms with Crippen molar-refractivity contribution in [3.05, 3.63) is 30.0 Å². The number of aromatic amines is 1. The number of nitrogens with zero attached hydrogens (tertiary/aromatic N) is 3. The van der Waals surface area contributed by atoms with Gasteiger partial charge in [0.05, 0.1) is 18.5 Å². The van der Waals surface area contributed by atoms with E-state index in [9.17, 15) is 4.79 Å². The van der Waals surface area contributed by atoms with E-state index in [1.807, 2.05) is 6.92 Å². The van der Waals surface area contributed by atoms with E-state index in [1.54, 1.807) is 19.1 Å². The van der Waals surface area contributed by atoms with Crippen molar-refractivity contribution in [3.8, 4) is 5.88 Å². The molecule has 7 heteroatoms. The van der Waals surface area contributed by atoms with Gasteiger partial charge >= 0.3 is 0 Å². The van der Waals surface area contributed by atoms with Crippen LogP contribution in [0.4, 0.5) is 5.69 Å². The van der Waals surface area contributed by atoms with Crippen molar-refractivity contribution in [2.24, 2.45) is 0 Å². The Morgan fingerprint density at radius 3 is 2.89 bits per heavy atom. The molecule has 18 heavy (non-hydrogen) atoms. The zero-order chi connectivity index (χ0) is 13.0. The summed E-state index contributed by atoms with van der Waals surface area (Å²) in [7, 11) is 0. The van der Waals surface area contributed by atoms with Gasteiger partial charge in [0.1, 0.15) is 5.82 Å². The Labute approximate surface area is 104 Å². The lowest BCUT2D eigenvalue weighted by molar-refractivity contribution is 0.101. The molecule has 0 aliphatic rings. The lowest BCUT2D eigenvalue weighted by atomic mass is 10.4. The highest BCUT2D eigenvalue weighted by molar-refractivity contribution is 6.01. The van der Waals surface area contributed by atoms with Gasteiger partial charge < -0.3 is 10.1 Å². The van der Waals surface area contributed by atoms with Gasteiger partial charge in [-0.25, -0.2) is 9.97 Å². The molecule has 1 amide bonds. The van der Waals surface area contributed by atoms with E-state index in [4.69, 9.17) is 4.74 Å². The van der Waals surface area contributed by atoms with Crippen molar-refractivity contribution >= 4 is 11.6 Å². The third-order valence-corrected chi connectivity index (χ3v) is 2.09. The topological polar surface area (TPSA) is 92.8 Å². The first-order chi connectivity index (χ1) is 8.69. The van der Waals surface area contributed by atoms with Gasteiger partial charge in [0.15, 0.2) is 0 Å². The van der Waals surface area contributed by atoms with Gasteiger partial charge in [-0.2, -0.15) is 0 Å². The minimum atomic E-state index is -0.384. The van der Waals surface area contributed by atoms with Gasteiger partial charge in [-0.15, -0.1) is 5.10 Å². The van der Waals surface area contributed by atoms with E-state index in [0.29, 0.717) is 24.0 Å². The fraction of sp³-hybridized carbons (Fsp3) is 0.273. The SMILES string of the molecule is CCOc1ccc(NC(=O)c2n[nH]c(C)n2)cn1. The standard InChI is InChI=1S/C11H13N5O2/c1-3-18-9-5-4-8(6-12-9)14-11(17)10-13-7(2)15-16-10/h4-6H,3H2,1-2H3,(H,14,17)(H,13,15,16). The number of ether oxygens (including phenoxy) is 1. The number of aryl methyl sites for hydroxylation is 1. The highest BCUT2D eigenvalue weighted by Crippen LogP contribution is 2.12. The van der Waals surface area contributed by atoms with Crippen molar-refractivity contribution in [1.82, 2.24) is 20.2 Å². The molecule has 2 aromatic rings. The van der Waals surface area contributed by atoms with Crippen LogP contribution in [0.25, 0.3) is 0 Å². The predicted molar refractivity (Wildman–Crippen MR) is 64.5 cm³/mol. The number of H-pyrrole nitrogens is 1. The van der Waals surface area contributed by atoms with Gasteiger partial charge in [-0.05, 0) is 19.9 Å². The Morgan fingerprint density at radius 1 is 1.50 bits per heavy atom. The van der Waals surface area contributed by atoms with Crippen LogP contribution in [0.3, 0.4) is 0 Å². The van der Waals surface area contributed by atoms with Crippen LogP contribution in [-0.4, -0.2) is 32.7 Å². The molecular formula is C11H13N5O2. The summed E-state index contributed by atoms with van der Waals surface area (Å²) in [5.41, 5.74) is 0.561. The number of pyridine rings is 1. The first-order valence-corrected chi connectivity index (χ1v) is 5.48. The number of nitrogens with one attached hydrogen (secondary N) is 2. The van der Waals surface area contributed by atoms with E-state index >= 15 is 0 Å². The maximum Gasteiger partial charge on any atom is 0.295 e. The molecule has 0 aromatic carbocycles. The van der Waals surface area contributed by atoms with Crippen LogP contribution in [0.1, 0.15) is 23.4 Å². The molecule has 0 aliphatic carbocycles. The molecule has 7 nitrogen and oxygen atoms in total. The Kier molecular flexibility index (Phi) is 3.52. The van der Waals surface area contributed by atoms with Gasteiger partial charge in [0, 0.05) is 6.07 Å². The van der Waals surface area contributed by atoms with Crippen molar-refractivity contribution in [2.75, 3.05) is 11.9 Å². The molecule has 0 radical (unpaired) electrons. The molecular weight excluding hydrogens is 234 g/mol. The van der Waals surface area contributed by atoms with E-state index in [2.05, 4.69) is 25.5 Å². The number of aromatic nitrogens is 4. The first kappa shape index (κ1) is 12.0. The van der Waals surface area contributed by atoms with Gasteiger partial charge in [0.25, 0.3) is 5.91 Å². The zero-order valence-corrected chi connectivity index (χ0v) is 10.1. The third kappa shape index (κ3) is 2.82. The van der Waals surface area contributed by atoms with E-state index < -0.39 is 0 Å². The van der Waals surface area contributed by atoms with Crippen molar-refractivity contribution in [1.29, 1.82) is 0 Å². The summed E-state index contributed by atoms with van der Waals surface area (Å²) in [6.45, 7) is 4.15. The number of hydrogen-bond donors (Lipinski definition) is 2. The van der Waals surface area contributed by atoms with Gasteiger partial charge in [-0.3, -0.25) is 9.89 Å². The number of carbonyl (C=O) groups excluding carboxylic acids is 1.